The molecule has 0 saturated heterocycles. The summed E-state index contributed by atoms with van der Waals surface area (Å²) in [6.45, 7) is 6.31. The fourth-order valence-electron chi connectivity index (χ4n) is 7.68. The molecule has 416 valence electrons. The van der Waals surface area contributed by atoms with Crippen molar-refractivity contribution in [1.29, 1.82) is 0 Å². The Labute approximate surface area is 455 Å². The van der Waals surface area contributed by atoms with E-state index in [0.29, 0.717) is 12.8 Å². The maximum atomic E-state index is 12.9. The summed E-state index contributed by atoms with van der Waals surface area (Å²) in [6.07, 6.45) is 87.0. The summed E-state index contributed by atoms with van der Waals surface area (Å²) in [5.74, 6) is -1.04. The molecule has 0 N–H and O–H groups in total. The number of carbonyl (C=O) groups is 3. The van der Waals surface area contributed by atoms with Gasteiger partial charge in [0.05, 0.1) is 0 Å². The van der Waals surface area contributed by atoms with Gasteiger partial charge in [-0.3, -0.25) is 14.4 Å². The van der Waals surface area contributed by atoms with Crippen molar-refractivity contribution < 1.29 is 28.6 Å². The smallest absolute Gasteiger partial charge is 0.306 e. The SMILES string of the molecule is CC/C=C\C/C=C\C/C=C\C/C=C\C/C=C\C/C=C\CCC(=O)OCC(COC(=O)CCCCCCC/C=C\C=C/CCCCCCCCC)OC(=O)CCCCCCCC/C=C\C/C=C\C/C=C\C/C=C\CC. The number of rotatable bonds is 52. The summed E-state index contributed by atoms with van der Waals surface area (Å²) in [6, 6.07) is 0. The first-order chi connectivity index (χ1) is 36.5. The van der Waals surface area contributed by atoms with Crippen LogP contribution >= 0.6 is 0 Å². The molecular formula is C68H108O6. The molecule has 0 rings (SSSR count). The Morgan fingerprint density at radius 2 is 0.595 bits per heavy atom. The van der Waals surface area contributed by atoms with Crippen LogP contribution in [0.4, 0.5) is 0 Å². The number of esters is 3. The van der Waals surface area contributed by atoms with Gasteiger partial charge in [-0.15, -0.1) is 0 Å². The first kappa shape index (κ1) is 69.3. The van der Waals surface area contributed by atoms with E-state index in [1.807, 2.05) is 6.08 Å². The van der Waals surface area contributed by atoms with Crippen LogP contribution in [0.15, 0.2) is 146 Å². The fourth-order valence-corrected chi connectivity index (χ4v) is 7.68. The molecule has 0 heterocycles. The lowest BCUT2D eigenvalue weighted by molar-refractivity contribution is -0.166. The summed E-state index contributed by atoms with van der Waals surface area (Å²) in [5.41, 5.74) is 0. The lowest BCUT2D eigenvalue weighted by Gasteiger charge is -2.18. The summed E-state index contributed by atoms with van der Waals surface area (Å²) in [5, 5.41) is 0. The Hall–Kier alpha value is -4.71. The quantitative estimate of drug-likeness (QED) is 0.0199. The van der Waals surface area contributed by atoms with E-state index in [2.05, 4.69) is 161 Å². The molecule has 1 atom stereocenters. The van der Waals surface area contributed by atoms with Crippen LogP contribution in [-0.4, -0.2) is 37.2 Å². The van der Waals surface area contributed by atoms with E-state index in [1.54, 1.807) is 0 Å². The third-order valence-electron chi connectivity index (χ3n) is 12.1. The first-order valence-electron chi connectivity index (χ1n) is 29.9. The zero-order valence-electron chi connectivity index (χ0n) is 47.5. The normalized spacial score (nSPS) is 13.2. The van der Waals surface area contributed by atoms with Crippen LogP contribution in [0.3, 0.4) is 0 Å². The summed E-state index contributed by atoms with van der Waals surface area (Å²) in [4.78, 5) is 38.2. The molecule has 1 unspecified atom stereocenters. The van der Waals surface area contributed by atoms with Gasteiger partial charge in [-0.25, -0.2) is 0 Å². The standard InChI is InChI=1S/C68H108O6/c1-4-7-10-13-16-19-22-25-28-31-34-37-40-43-46-49-52-55-58-61-67(70)73-64-65(63-72-66(69)60-57-54-51-48-45-42-39-36-33-30-27-24-21-18-15-12-9-6-3)74-68(71)62-59-56-53-50-47-44-41-38-35-32-29-26-23-20-17-14-11-8-5-2/h7-8,10-11,16-17,19-20,25-26,28-30,33-39,43,46,52,55,65H,4-6,9,12-15,18,21-24,27,31-32,40-42,44-45,47-51,53-54,56-64H2,1-3H3/b10-7-,11-8-,19-16-,20-17-,28-25-,29-26-,33-30-,37-34-,38-35-,39-36-,46-43-,55-52-. The van der Waals surface area contributed by atoms with E-state index >= 15 is 0 Å². The zero-order valence-corrected chi connectivity index (χ0v) is 47.5. The van der Waals surface area contributed by atoms with Gasteiger partial charge in [-0.05, 0) is 122 Å². The molecule has 0 aliphatic rings. The first-order valence-corrected chi connectivity index (χ1v) is 29.9. The second-order valence-electron chi connectivity index (χ2n) is 19.2. The molecule has 0 aliphatic heterocycles. The Kier molecular flexibility index (Phi) is 57.0. The predicted octanol–water partition coefficient (Wildman–Crippen LogP) is 20.4. The molecular weight excluding hydrogens is 913 g/mol. The molecule has 0 saturated carbocycles. The van der Waals surface area contributed by atoms with E-state index in [-0.39, 0.29) is 44.0 Å². The topological polar surface area (TPSA) is 78.9 Å². The lowest BCUT2D eigenvalue weighted by Crippen LogP contribution is -2.30. The molecule has 0 fully saturated rings. The maximum absolute atomic E-state index is 12.9. The molecule has 0 aromatic heterocycles. The highest BCUT2D eigenvalue weighted by molar-refractivity contribution is 5.71. The van der Waals surface area contributed by atoms with Crippen molar-refractivity contribution in [3.05, 3.63) is 146 Å². The molecule has 0 aliphatic carbocycles. The highest BCUT2D eigenvalue weighted by Crippen LogP contribution is 2.13. The number of ether oxygens (including phenoxy) is 3. The van der Waals surface area contributed by atoms with Crippen molar-refractivity contribution in [2.75, 3.05) is 13.2 Å². The van der Waals surface area contributed by atoms with Gasteiger partial charge in [0, 0.05) is 19.3 Å². The minimum absolute atomic E-state index is 0.121. The summed E-state index contributed by atoms with van der Waals surface area (Å²) in [7, 11) is 0. The Balaban J connectivity index is 4.58. The molecule has 74 heavy (non-hydrogen) atoms. The van der Waals surface area contributed by atoms with E-state index in [1.165, 1.54) is 64.2 Å². The number of hydrogen-bond acceptors (Lipinski definition) is 6. The monoisotopic (exact) mass is 1020 g/mol. The third-order valence-corrected chi connectivity index (χ3v) is 12.1. The summed E-state index contributed by atoms with van der Waals surface area (Å²) < 4.78 is 16.8. The highest BCUT2D eigenvalue weighted by atomic mass is 16.6. The van der Waals surface area contributed by atoms with Crippen molar-refractivity contribution in [2.45, 2.75) is 252 Å². The maximum Gasteiger partial charge on any atom is 0.306 e. The Morgan fingerprint density at radius 3 is 0.986 bits per heavy atom. The Morgan fingerprint density at radius 1 is 0.297 bits per heavy atom. The average Bonchev–Trinajstić information content (AvgIpc) is 3.40. The Bertz CT molecular complexity index is 1640. The number of carbonyl (C=O) groups excluding carboxylic acids is 3. The van der Waals surface area contributed by atoms with Crippen molar-refractivity contribution in [3.63, 3.8) is 0 Å². The molecule has 0 radical (unpaired) electrons. The number of hydrogen-bond donors (Lipinski definition) is 0. The third kappa shape index (κ3) is 58.2. The van der Waals surface area contributed by atoms with Gasteiger partial charge >= 0.3 is 17.9 Å². The molecule has 6 heteroatoms. The van der Waals surface area contributed by atoms with E-state index in [9.17, 15) is 14.4 Å². The van der Waals surface area contributed by atoms with Crippen LogP contribution in [0.2, 0.25) is 0 Å². The van der Waals surface area contributed by atoms with Crippen molar-refractivity contribution >= 4 is 17.9 Å². The minimum atomic E-state index is -0.831. The van der Waals surface area contributed by atoms with Gasteiger partial charge in [0.15, 0.2) is 6.10 Å². The van der Waals surface area contributed by atoms with Gasteiger partial charge < -0.3 is 14.2 Å². The zero-order chi connectivity index (χ0) is 53.6. The second-order valence-corrected chi connectivity index (χ2v) is 19.2. The van der Waals surface area contributed by atoms with Crippen LogP contribution in [0, 0.1) is 0 Å². The van der Waals surface area contributed by atoms with Gasteiger partial charge in [0.1, 0.15) is 13.2 Å². The van der Waals surface area contributed by atoms with Crippen molar-refractivity contribution in [3.8, 4) is 0 Å². The van der Waals surface area contributed by atoms with Gasteiger partial charge in [-0.2, -0.15) is 0 Å². The molecule has 0 aromatic rings. The number of unbranched alkanes of at least 4 members (excludes halogenated alkanes) is 18. The second kappa shape index (κ2) is 60.8. The van der Waals surface area contributed by atoms with Crippen LogP contribution < -0.4 is 0 Å². The number of allylic oxidation sites excluding steroid dienone is 24. The predicted molar refractivity (Wildman–Crippen MR) is 320 cm³/mol. The van der Waals surface area contributed by atoms with Gasteiger partial charge in [0.25, 0.3) is 0 Å². The van der Waals surface area contributed by atoms with Crippen molar-refractivity contribution in [1.82, 2.24) is 0 Å². The summed E-state index contributed by atoms with van der Waals surface area (Å²) >= 11 is 0. The van der Waals surface area contributed by atoms with E-state index < -0.39 is 6.10 Å². The van der Waals surface area contributed by atoms with Gasteiger partial charge in [-0.1, -0.05) is 250 Å². The largest absolute Gasteiger partial charge is 0.462 e. The highest BCUT2D eigenvalue weighted by Gasteiger charge is 2.19. The van der Waals surface area contributed by atoms with E-state index in [4.69, 9.17) is 14.2 Å². The molecule has 0 amide bonds. The van der Waals surface area contributed by atoms with Crippen LogP contribution in [0.1, 0.15) is 245 Å². The van der Waals surface area contributed by atoms with Crippen LogP contribution in [0.25, 0.3) is 0 Å². The molecule has 0 aromatic carbocycles. The fraction of sp³-hybridized carbons (Fsp3) is 0.603. The average molecular weight is 1020 g/mol. The minimum Gasteiger partial charge on any atom is -0.462 e. The van der Waals surface area contributed by atoms with Crippen LogP contribution in [-0.2, 0) is 28.6 Å². The molecule has 0 bridgehead atoms. The van der Waals surface area contributed by atoms with Gasteiger partial charge in [0.2, 0.25) is 0 Å². The van der Waals surface area contributed by atoms with E-state index in [0.717, 1.165) is 135 Å². The molecule has 0 spiro atoms. The lowest BCUT2D eigenvalue weighted by atomic mass is 10.1. The van der Waals surface area contributed by atoms with Crippen molar-refractivity contribution in [2.24, 2.45) is 0 Å². The molecule has 6 nitrogen and oxygen atoms in total. The van der Waals surface area contributed by atoms with Crippen LogP contribution in [0.5, 0.6) is 0 Å².